The summed E-state index contributed by atoms with van der Waals surface area (Å²) >= 11 is 12.1. The number of halogens is 2. The van der Waals surface area contributed by atoms with Gasteiger partial charge in [-0.3, -0.25) is 0 Å². The van der Waals surface area contributed by atoms with Crippen LogP contribution in [0.5, 0.6) is 5.75 Å². The van der Waals surface area contributed by atoms with Gasteiger partial charge in [-0.2, -0.15) is 13.5 Å². The highest BCUT2D eigenvalue weighted by Gasteiger charge is 2.19. The van der Waals surface area contributed by atoms with Crippen molar-refractivity contribution in [3.8, 4) is 5.75 Å². The number of rotatable bonds is 5. The Labute approximate surface area is 157 Å². The number of nitrogens with one attached hydrogen (secondary N) is 1. The third-order valence-electron chi connectivity index (χ3n) is 3.48. The molecule has 0 unspecified atom stereocenters. The zero-order valence-corrected chi connectivity index (χ0v) is 16.6. The van der Waals surface area contributed by atoms with Gasteiger partial charge >= 0.3 is 0 Å². The number of hydrogen-bond donors (Lipinski definition) is 1. The van der Waals surface area contributed by atoms with Crippen molar-refractivity contribution in [2.45, 2.75) is 25.7 Å². The molecule has 0 atom stereocenters. The summed E-state index contributed by atoms with van der Waals surface area (Å²) in [5.74, 6) is 0.354. The molecule has 0 bridgehead atoms. The number of hydrogen-bond acceptors (Lipinski definition) is 4. The van der Waals surface area contributed by atoms with E-state index in [0.717, 1.165) is 5.56 Å². The summed E-state index contributed by atoms with van der Waals surface area (Å²) < 4.78 is 30.1. The molecule has 134 valence electrons. The summed E-state index contributed by atoms with van der Waals surface area (Å²) in [7, 11) is -2.32. The first kappa shape index (κ1) is 19.6. The minimum atomic E-state index is -3.78. The number of methoxy groups -OCH3 is 1. The first-order valence-corrected chi connectivity index (χ1v) is 9.55. The minimum Gasteiger partial charge on any atom is -0.494 e. The van der Waals surface area contributed by atoms with Gasteiger partial charge in [0.05, 0.1) is 28.3 Å². The van der Waals surface area contributed by atoms with Crippen LogP contribution in [0.3, 0.4) is 0 Å². The quantitative estimate of drug-likeness (QED) is 0.602. The highest BCUT2D eigenvalue weighted by Crippen LogP contribution is 2.33. The largest absolute Gasteiger partial charge is 0.494 e. The first-order valence-electron chi connectivity index (χ1n) is 7.31. The molecule has 1 N–H and O–H groups in total. The molecular weight excluding hydrogens is 383 g/mol. The summed E-state index contributed by atoms with van der Waals surface area (Å²) in [5.41, 5.74) is 2.86. The van der Waals surface area contributed by atoms with Crippen molar-refractivity contribution in [1.29, 1.82) is 0 Å². The molecule has 0 saturated carbocycles. The summed E-state index contributed by atoms with van der Waals surface area (Å²) in [6.07, 6.45) is 1.33. The minimum absolute atomic E-state index is 0.223. The molecule has 25 heavy (non-hydrogen) atoms. The monoisotopic (exact) mass is 400 g/mol. The molecule has 0 aromatic heterocycles. The molecule has 0 fully saturated rings. The maximum absolute atomic E-state index is 12.5. The van der Waals surface area contributed by atoms with Crippen molar-refractivity contribution in [2.75, 3.05) is 7.11 Å². The lowest BCUT2D eigenvalue weighted by Gasteiger charge is -2.11. The molecule has 0 aliphatic carbocycles. The number of aryl methyl sites for hydroxylation is 3. The number of benzene rings is 2. The van der Waals surface area contributed by atoms with Gasteiger partial charge < -0.3 is 4.74 Å². The first-order chi connectivity index (χ1) is 11.7. The molecule has 0 amide bonds. The zero-order valence-electron chi connectivity index (χ0n) is 14.2. The van der Waals surface area contributed by atoms with Gasteiger partial charge in [-0.15, -0.1) is 0 Å². The Hall–Kier alpha value is -1.76. The van der Waals surface area contributed by atoms with Crippen LogP contribution in [-0.2, 0) is 10.0 Å². The Kier molecular flexibility index (Phi) is 5.98. The van der Waals surface area contributed by atoms with Gasteiger partial charge in [0, 0.05) is 0 Å². The highest BCUT2D eigenvalue weighted by atomic mass is 35.5. The smallest absolute Gasteiger partial charge is 0.277 e. The lowest BCUT2D eigenvalue weighted by Crippen LogP contribution is -2.20. The van der Waals surface area contributed by atoms with E-state index in [1.165, 1.54) is 13.3 Å². The summed E-state index contributed by atoms with van der Waals surface area (Å²) in [6, 6.07) is 6.78. The third-order valence-corrected chi connectivity index (χ3v) is 5.57. The predicted molar refractivity (Wildman–Crippen MR) is 102 cm³/mol. The van der Waals surface area contributed by atoms with Gasteiger partial charge in [0.1, 0.15) is 0 Å². The van der Waals surface area contributed by atoms with Gasteiger partial charge in [0.25, 0.3) is 10.0 Å². The van der Waals surface area contributed by atoms with E-state index in [4.69, 9.17) is 27.9 Å². The van der Waals surface area contributed by atoms with Gasteiger partial charge in [-0.25, -0.2) is 4.83 Å². The van der Waals surface area contributed by atoms with E-state index in [1.807, 2.05) is 19.1 Å². The topological polar surface area (TPSA) is 67.8 Å². The second-order valence-corrected chi connectivity index (χ2v) is 8.01. The molecule has 8 heteroatoms. The van der Waals surface area contributed by atoms with Gasteiger partial charge in [0.2, 0.25) is 0 Å². The molecule has 5 nitrogen and oxygen atoms in total. The number of ether oxygens (including phenoxy) is 1. The SMILES string of the molecule is COc1c(Cl)cc(/C=N/NS(=O)(=O)c2c(C)cc(C)cc2C)cc1Cl. The molecular formula is C17H18Cl2N2O3S. The van der Waals surface area contributed by atoms with Crippen LogP contribution in [0.25, 0.3) is 0 Å². The van der Waals surface area contributed by atoms with Crippen LogP contribution in [0.4, 0.5) is 0 Å². The molecule has 0 aliphatic heterocycles. The standard InChI is InChI=1S/C17H18Cl2N2O3S/c1-10-5-11(2)17(12(3)6-10)25(22,23)21-20-9-13-7-14(18)16(24-4)15(19)8-13/h5-9,21H,1-4H3/b20-9+. The van der Waals surface area contributed by atoms with E-state index in [9.17, 15) is 8.42 Å². The predicted octanol–water partition coefficient (Wildman–Crippen LogP) is 4.24. The third kappa shape index (κ3) is 4.45. The van der Waals surface area contributed by atoms with Crippen molar-refractivity contribution in [3.05, 3.63) is 56.6 Å². The second kappa shape index (κ2) is 7.64. The average Bonchev–Trinajstić information content (AvgIpc) is 2.45. The Balaban J connectivity index is 2.28. The molecule has 0 aliphatic rings. The molecule has 2 aromatic rings. The number of nitrogens with zero attached hydrogens (tertiary/aromatic N) is 1. The molecule has 2 rings (SSSR count). The maximum atomic E-state index is 12.5. The van der Waals surface area contributed by atoms with E-state index in [2.05, 4.69) is 9.93 Å². The zero-order chi connectivity index (χ0) is 18.8. The van der Waals surface area contributed by atoms with Crippen LogP contribution in [0.15, 0.2) is 34.3 Å². The fourth-order valence-corrected chi connectivity index (χ4v) is 4.56. The molecule has 0 heterocycles. The Bertz CT molecular complexity index is 895. The van der Waals surface area contributed by atoms with Gasteiger partial charge in [0.15, 0.2) is 5.75 Å². The van der Waals surface area contributed by atoms with Crippen molar-refractivity contribution in [2.24, 2.45) is 5.10 Å². The maximum Gasteiger partial charge on any atom is 0.277 e. The molecule has 0 radical (unpaired) electrons. The van der Waals surface area contributed by atoms with E-state index in [1.54, 1.807) is 26.0 Å². The van der Waals surface area contributed by atoms with Crippen LogP contribution in [0.1, 0.15) is 22.3 Å². The van der Waals surface area contributed by atoms with Crippen molar-refractivity contribution < 1.29 is 13.2 Å². The molecule has 2 aromatic carbocycles. The van der Waals surface area contributed by atoms with E-state index >= 15 is 0 Å². The molecule has 0 spiro atoms. The summed E-state index contributed by atoms with van der Waals surface area (Å²) in [5, 5.41) is 4.43. The van der Waals surface area contributed by atoms with Crippen LogP contribution in [0, 0.1) is 20.8 Å². The van der Waals surface area contributed by atoms with E-state index in [0.29, 0.717) is 32.5 Å². The van der Waals surface area contributed by atoms with Crippen LogP contribution in [-0.4, -0.2) is 21.7 Å². The van der Waals surface area contributed by atoms with Crippen molar-refractivity contribution in [3.63, 3.8) is 0 Å². The summed E-state index contributed by atoms with van der Waals surface area (Å²) in [6.45, 7) is 5.42. The lowest BCUT2D eigenvalue weighted by atomic mass is 10.1. The highest BCUT2D eigenvalue weighted by molar-refractivity contribution is 7.89. The number of hydrazone groups is 1. The Morgan fingerprint density at radius 2 is 1.56 bits per heavy atom. The van der Waals surface area contributed by atoms with Gasteiger partial charge in [-0.1, -0.05) is 40.9 Å². The van der Waals surface area contributed by atoms with Crippen LogP contribution in [0.2, 0.25) is 10.0 Å². The van der Waals surface area contributed by atoms with Crippen LogP contribution < -0.4 is 9.57 Å². The van der Waals surface area contributed by atoms with E-state index in [-0.39, 0.29) is 4.90 Å². The number of sulfonamides is 1. The van der Waals surface area contributed by atoms with E-state index < -0.39 is 10.0 Å². The summed E-state index contributed by atoms with van der Waals surface area (Å²) in [4.78, 5) is 2.44. The van der Waals surface area contributed by atoms with Crippen molar-refractivity contribution >= 4 is 39.4 Å². The van der Waals surface area contributed by atoms with Gasteiger partial charge in [-0.05, 0) is 49.6 Å². The normalized spacial score (nSPS) is 11.8. The fraction of sp³-hybridized carbons (Fsp3) is 0.235. The molecule has 0 saturated heterocycles. The lowest BCUT2D eigenvalue weighted by molar-refractivity contribution is 0.415. The average molecular weight is 401 g/mol. The second-order valence-electron chi connectivity index (χ2n) is 5.60. The fourth-order valence-electron chi connectivity index (χ4n) is 2.66. The Morgan fingerprint density at radius 3 is 2.04 bits per heavy atom. The Morgan fingerprint density at radius 1 is 1.04 bits per heavy atom. The van der Waals surface area contributed by atoms with Crippen molar-refractivity contribution in [1.82, 2.24) is 4.83 Å². The van der Waals surface area contributed by atoms with Crippen LogP contribution >= 0.6 is 23.2 Å².